The van der Waals surface area contributed by atoms with Crippen molar-refractivity contribution in [2.75, 3.05) is 13.2 Å². The molecule has 3 atom stereocenters. The van der Waals surface area contributed by atoms with Crippen LogP contribution in [0.25, 0.3) is 0 Å². The summed E-state index contributed by atoms with van der Waals surface area (Å²) >= 11 is 0. The van der Waals surface area contributed by atoms with Crippen LogP contribution in [0.4, 0.5) is 0 Å². The summed E-state index contributed by atoms with van der Waals surface area (Å²) < 4.78 is 5.29. The summed E-state index contributed by atoms with van der Waals surface area (Å²) in [7, 11) is 0. The second-order valence-electron chi connectivity index (χ2n) is 5.10. The first-order valence-electron chi connectivity index (χ1n) is 5.99. The van der Waals surface area contributed by atoms with E-state index in [2.05, 4.69) is 0 Å². The van der Waals surface area contributed by atoms with Gasteiger partial charge in [-0.2, -0.15) is 0 Å². The van der Waals surface area contributed by atoms with Crippen molar-refractivity contribution < 1.29 is 9.53 Å². The molecule has 2 saturated carbocycles. The Morgan fingerprint density at radius 1 is 1.07 bits per heavy atom. The molecular weight excluding hydrogens is 176 g/mol. The maximum Gasteiger partial charge on any atom is 0.142 e. The van der Waals surface area contributed by atoms with Gasteiger partial charge in [-0.1, -0.05) is 12.8 Å². The molecule has 1 heterocycles. The Morgan fingerprint density at radius 2 is 1.79 bits per heavy atom. The average molecular weight is 194 g/mol. The minimum atomic E-state index is 0.255. The van der Waals surface area contributed by atoms with Crippen molar-refractivity contribution in [2.45, 2.75) is 32.1 Å². The van der Waals surface area contributed by atoms with Crippen LogP contribution in [0.5, 0.6) is 0 Å². The molecule has 0 aromatic rings. The van der Waals surface area contributed by atoms with Crippen LogP contribution < -0.4 is 0 Å². The van der Waals surface area contributed by atoms with Gasteiger partial charge >= 0.3 is 0 Å². The van der Waals surface area contributed by atoms with Crippen LogP contribution in [0.15, 0.2) is 0 Å². The van der Waals surface area contributed by atoms with Crippen LogP contribution in [-0.2, 0) is 9.53 Å². The van der Waals surface area contributed by atoms with E-state index in [0.29, 0.717) is 18.3 Å². The number of Topliss-reactive ketones (excluding diaryl/α,β-unsaturated/α-hetero) is 1. The molecule has 1 saturated heterocycles. The summed E-state index contributed by atoms with van der Waals surface area (Å²) in [4.78, 5) is 12.1. The zero-order valence-electron chi connectivity index (χ0n) is 8.58. The smallest absolute Gasteiger partial charge is 0.142 e. The molecule has 1 aliphatic heterocycles. The maximum atomic E-state index is 12.1. The first-order chi connectivity index (χ1) is 6.88. The molecule has 0 aromatic heterocycles. The first-order valence-corrected chi connectivity index (χ1v) is 5.99. The molecule has 3 unspecified atom stereocenters. The van der Waals surface area contributed by atoms with E-state index in [4.69, 9.17) is 4.74 Å². The molecular formula is C12H18O2. The summed E-state index contributed by atoms with van der Waals surface area (Å²) in [5, 5.41) is 0. The number of carbonyl (C=O) groups is 1. The molecule has 0 spiro atoms. The van der Waals surface area contributed by atoms with Gasteiger partial charge in [-0.3, -0.25) is 4.79 Å². The standard InChI is InChI=1S/C12H18O2/c13-12(8-5-6-14-7-8)11-9-3-1-2-4-10(9)11/h8-11H,1-7H2. The molecule has 78 valence electrons. The van der Waals surface area contributed by atoms with Crippen molar-refractivity contribution in [1.82, 2.24) is 0 Å². The van der Waals surface area contributed by atoms with E-state index < -0.39 is 0 Å². The van der Waals surface area contributed by atoms with Crippen LogP contribution in [0.3, 0.4) is 0 Å². The largest absolute Gasteiger partial charge is 0.381 e. The number of rotatable bonds is 2. The van der Waals surface area contributed by atoms with Gasteiger partial charge in [-0.15, -0.1) is 0 Å². The Hall–Kier alpha value is -0.370. The van der Waals surface area contributed by atoms with Gasteiger partial charge in [0.2, 0.25) is 0 Å². The van der Waals surface area contributed by atoms with Gasteiger partial charge in [0.25, 0.3) is 0 Å². The number of ether oxygens (including phenoxy) is 1. The lowest BCUT2D eigenvalue weighted by molar-refractivity contribution is -0.124. The zero-order valence-corrected chi connectivity index (χ0v) is 8.58. The minimum Gasteiger partial charge on any atom is -0.381 e. The Kier molecular flexibility index (Phi) is 2.12. The Labute approximate surface area is 85.0 Å². The van der Waals surface area contributed by atoms with E-state index in [-0.39, 0.29) is 5.92 Å². The molecule has 0 amide bonds. The van der Waals surface area contributed by atoms with Crippen LogP contribution in [0.2, 0.25) is 0 Å². The molecule has 3 aliphatic rings. The van der Waals surface area contributed by atoms with Crippen molar-refractivity contribution in [1.29, 1.82) is 0 Å². The van der Waals surface area contributed by atoms with Gasteiger partial charge in [0.1, 0.15) is 5.78 Å². The van der Waals surface area contributed by atoms with E-state index >= 15 is 0 Å². The Balaban J connectivity index is 1.63. The zero-order chi connectivity index (χ0) is 9.54. The van der Waals surface area contributed by atoms with Crippen LogP contribution in [0.1, 0.15) is 32.1 Å². The van der Waals surface area contributed by atoms with Gasteiger partial charge in [0.15, 0.2) is 0 Å². The second-order valence-corrected chi connectivity index (χ2v) is 5.10. The van der Waals surface area contributed by atoms with Crippen molar-refractivity contribution in [3.8, 4) is 0 Å². The van der Waals surface area contributed by atoms with Gasteiger partial charge in [0, 0.05) is 18.4 Å². The topological polar surface area (TPSA) is 26.3 Å². The maximum absolute atomic E-state index is 12.1. The minimum absolute atomic E-state index is 0.255. The van der Waals surface area contributed by atoms with Crippen LogP contribution >= 0.6 is 0 Å². The molecule has 0 bridgehead atoms. The van der Waals surface area contributed by atoms with Crippen LogP contribution in [-0.4, -0.2) is 19.0 Å². The highest BCUT2D eigenvalue weighted by Crippen LogP contribution is 2.56. The van der Waals surface area contributed by atoms with Crippen molar-refractivity contribution in [3.63, 3.8) is 0 Å². The number of fused-ring (bicyclic) bond motifs is 1. The normalized spacial score (nSPS) is 46.0. The van der Waals surface area contributed by atoms with E-state index in [1.54, 1.807) is 0 Å². The summed E-state index contributed by atoms with van der Waals surface area (Å²) in [6, 6.07) is 0. The molecule has 2 heteroatoms. The third-order valence-electron chi connectivity index (χ3n) is 4.32. The van der Waals surface area contributed by atoms with Gasteiger partial charge in [0.05, 0.1) is 6.61 Å². The van der Waals surface area contributed by atoms with E-state index in [1.807, 2.05) is 0 Å². The van der Waals surface area contributed by atoms with E-state index in [9.17, 15) is 4.79 Å². The quantitative estimate of drug-likeness (QED) is 0.672. The molecule has 3 fully saturated rings. The number of carbonyl (C=O) groups excluding carboxylic acids is 1. The molecule has 14 heavy (non-hydrogen) atoms. The van der Waals surface area contributed by atoms with Gasteiger partial charge in [-0.25, -0.2) is 0 Å². The molecule has 0 N–H and O–H groups in total. The predicted octanol–water partition coefficient (Wildman–Crippen LogP) is 2.03. The van der Waals surface area contributed by atoms with Crippen molar-refractivity contribution >= 4 is 5.78 Å². The molecule has 0 aromatic carbocycles. The van der Waals surface area contributed by atoms with Crippen molar-refractivity contribution in [3.05, 3.63) is 0 Å². The fourth-order valence-corrected chi connectivity index (χ4v) is 3.45. The Morgan fingerprint density at radius 3 is 2.36 bits per heavy atom. The molecule has 0 radical (unpaired) electrons. The first kappa shape index (κ1) is 8.90. The highest BCUT2D eigenvalue weighted by atomic mass is 16.5. The van der Waals surface area contributed by atoms with Crippen LogP contribution in [0, 0.1) is 23.7 Å². The fourth-order valence-electron chi connectivity index (χ4n) is 3.45. The number of hydrogen-bond acceptors (Lipinski definition) is 2. The lowest BCUT2D eigenvalue weighted by Gasteiger charge is -2.04. The third kappa shape index (κ3) is 1.31. The van der Waals surface area contributed by atoms with Gasteiger partial charge in [-0.05, 0) is 31.1 Å². The summed E-state index contributed by atoms with van der Waals surface area (Å²) in [5.74, 6) is 2.79. The summed E-state index contributed by atoms with van der Waals surface area (Å²) in [6.07, 6.45) is 6.32. The Bertz CT molecular complexity index is 231. The monoisotopic (exact) mass is 194 g/mol. The summed E-state index contributed by atoms with van der Waals surface area (Å²) in [5.41, 5.74) is 0. The van der Waals surface area contributed by atoms with Crippen molar-refractivity contribution in [2.24, 2.45) is 23.7 Å². The van der Waals surface area contributed by atoms with Gasteiger partial charge < -0.3 is 4.74 Å². The number of ketones is 1. The molecule has 2 nitrogen and oxygen atoms in total. The lowest BCUT2D eigenvalue weighted by atomic mass is 9.98. The van der Waals surface area contributed by atoms with E-state index in [1.165, 1.54) is 25.7 Å². The highest BCUT2D eigenvalue weighted by Gasteiger charge is 2.55. The summed E-state index contributed by atoms with van der Waals surface area (Å²) in [6.45, 7) is 1.51. The lowest BCUT2D eigenvalue weighted by Crippen LogP contribution is -2.17. The number of hydrogen-bond donors (Lipinski definition) is 0. The second kappa shape index (κ2) is 3.34. The molecule has 3 rings (SSSR count). The third-order valence-corrected chi connectivity index (χ3v) is 4.32. The highest BCUT2D eigenvalue weighted by molar-refractivity contribution is 5.87. The predicted molar refractivity (Wildman–Crippen MR) is 52.9 cm³/mol. The van der Waals surface area contributed by atoms with E-state index in [0.717, 1.165) is 24.9 Å². The molecule has 2 aliphatic carbocycles. The fraction of sp³-hybridized carbons (Fsp3) is 0.917. The SMILES string of the molecule is O=C(C1CCOC1)C1C2CCCCC21. The average Bonchev–Trinajstić information content (AvgIpc) is 2.70.